The van der Waals surface area contributed by atoms with E-state index < -0.39 is 0 Å². The van der Waals surface area contributed by atoms with Crippen molar-refractivity contribution in [3.8, 4) is 0 Å². The quantitative estimate of drug-likeness (QED) is 0.580. The van der Waals surface area contributed by atoms with Gasteiger partial charge in [-0.3, -0.25) is 0 Å². The molecule has 0 aliphatic carbocycles. The molecule has 0 aliphatic heterocycles. The van der Waals surface area contributed by atoms with Crippen LogP contribution < -0.4 is 15.5 Å². The molecule has 0 spiro atoms. The van der Waals surface area contributed by atoms with Gasteiger partial charge in [-0.25, -0.2) is 0 Å². The molecule has 146 valence electrons. The Kier molecular flexibility index (Phi) is 6.42. The molecule has 3 rings (SSSR count). The summed E-state index contributed by atoms with van der Waals surface area (Å²) in [5.74, 6) is 1.16. The lowest BCUT2D eigenvalue weighted by Crippen LogP contribution is -2.21. The Morgan fingerprint density at radius 2 is 1.79 bits per heavy atom. The lowest BCUT2D eigenvalue weighted by molar-refractivity contribution is 0.841. The molecule has 2 N–H and O–H groups in total. The van der Waals surface area contributed by atoms with E-state index >= 15 is 0 Å². The first kappa shape index (κ1) is 19.6. The Morgan fingerprint density at radius 3 is 2.46 bits per heavy atom. The molecule has 0 aliphatic rings. The number of nitrogens with zero attached hydrogens (tertiary/aromatic N) is 4. The van der Waals surface area contributed by atoms with Crippen molar-refractivity contribution in [2.75, 3.05) is 28.6 Å². The number of aryl methyl sites for hydroxylation is 1. The van der Waals surface area contributed by atoms with Gasteiger partial charge in [-0.2, -0.15) is 10.1 Å². The van der Waals surface area contributed by atoms with E-state index in [0.29, 0.717) is 11.8 Å². The van der Waals surface area contributed by atoms with Crippen LogP contribution in [0.3, 0.4) is 0 Å². The predicted molar refractivity (Wildman–Crippen MR) is 116 cm³/mol. The molecule has 6 heteroatoms. The molecule has 0 radical (unpaired) electrons. The molecule has 0 saturated carbocycles. The first-order valence-electron chi connectivity index (χ1n) is 9.74. The van der Waals surface area contributed by atoms with Crippen molar-refractivity contribution >= 4 is 23.1 Å². The third kappa shape index (κ3) is 4.76. The number of benzene rings is 2. The normalized spacial score (nSPS) is 11.7. The van der Waals surface area contributed by atoms with Crippen molar-refractivity contribution in [1.29, 1.82) is 0 Å². The Labute approximate surface area is 167 Å². The molecule has 1 heterocycles. The van der Waals surface area contributed by atoms with Crippen molar-refractivity contribution in [3.63, 3.8) is 0 Å². The third-order valence-electron chi connectivity index (χ3n) is 4.81. The molecule has 6 nitrogen and oxygen atoms in total. The van der Waals surface area contributed by atoms with Crippen molar-refractivity contribution < 1.29 is 0 Å². The standard InChI is InChI=1S/C22H28N6/c1-5-28(6-2)19-12-13-20(16(3)14-19)25-21-15-23-27-22(26-21)24-17(4)18-10-8-7-9-11-18/h7-15,17H,5-6H2,1-4H3,(H2,24,25,26,27). The van der Waals surface area contributed by atoms with Crippen LogP contribution in [0.15, 0.2) is 54.7 Å². The number of hydrogen-bond donors (Lipinski definition) is 2. The number of rotatable bonds is 8. The Morgan fingerprint density at radius 1 is 1.04 bits per heavy atom. The van der Waals surface area contributed by atoms with Crippen LogP contribution in [0.2, 0.25) is 0 Å². The van der Waals surface area contributed by atoms with Gasteiger partial charge in [0, 0.05) is 24.5 Å². The second-order valence-electron chi connectivity index (χ2n) is 6.74. The summed E-state index contributed by atoms with van der Waals surface area (Å²) in [6.45, 7) is 10.5. The maximum Gasteiger partial charge on any atom is 0.245 e. The van der Waals surface area contributed by atoms with Gasteiger partial charge in [0.1, 0.15) is 0 Å². The Bertz CT molecular complexity index is 893. The van der Waals surface area contributed by atoms with Crippen LogP contribution in [0.25, 0.3) is 0 Å². The van der Waals surface area contributed by atoms with Gasteiger partial charge in [-0.05, 0) is 57.0 Å². The Hall–Kier alpha value is -3.15. The monoisotopic (exact) mass is 376 g/mol. The van der Waals surface area contributed by atoms with Crippen LogP contribution in [0.4, 0.5) is 23.1 Å². The van der Waals surface area contributed by atoms with Gasteiger partial charge < -0.3 is 15.5 Å². The second-order valence-corrected chi connectivity index (χ2v) is 6.74. The fraction of sp³-hybridized carbons (Fsp3) is 0.318. The van der Waals surface area contributed by atoms with Gasteiger partial charge >= 0.3 is 0 Å². The second kappa shape index (κ2) is 9.17. The summed E-state index contributed by atoms with van der Waals surface area (Å²) < 4.78 is 0. The van der Waals surface area contributed by atoms with E-state index in [4.69, 9.17) is 0 Å². The maximum atomic E-state index is 4.56. The van der Waals surface area contributed by atoms with Crippen LogP contribution in [0.5, 0.6) is 0 Å². The summed E-state index contributed by atoms with van der Waals surface area (Å²) in [6, 6.07) is 16.7. The zero-order chi connectivity index (χ0) is 19.9. The molecule has 28 heavy (non-hydrogen) atoms. The summed E-state index contributed by atoms with van der Waals surface area (Å²) >= 11 is 0. The predicted octanol–water partition coefficient (Wildman–Crippen LogP) is 4.94. The minimum Gasteiger partial charge on any atom is -0.372 e. The number of hydrogen-bond acceptors (Lipinski definition) is 6. The van der Waals surface area contributed by atoms with E-state index in [2.05, 4.69) is 88.7 Å². The summed E-state index contributed by atoms with van der Waals surface area (Å²) in [7, 11) is 0. The molecule has 1 aromatic heterocycles. The molecule has 1 atom stereocenters. The molecule has 3 aromatic rings. The summed E-state index contributed by atoms with van der Waals surface area (Å²) in [6.07, 6.45) is 1.64. The highest BCUT2D eigenvalue weighted by Gasteiger charge is 2.09. The SMILES string of the molecule is CCN(CC)c1ccc(Nc2cnnc(NC(C)c3ccccc3)n2)c(C)c1. The first-order valence-corrected chi connectivity index (χ1v) is 9.74. The average molecular weight is 377 g/mol. The average Bonchev–Trinajstić information content (AvgIpc) is 2.72. The van der Waals surface area contributed by atoms with Gasteiger partial charge in [0.05, 0.1) is 12.2 Å². The largest absolute Gasteiger partial charge is 0.372 e. The van der Waals surface area contributed by atoms with Crippen molar-refractivity contribution in [1.82, 2.24) is 15.2 Å². The van der Waals surface area contributed by atoms with Gasteiger partial charge in [0.25, 0.3) is 0 Å². The molecule has 1 unspecified atom stereocenters. The highest BCUT2D eigenvalue weighted by atomic mass is 15.3. The summed E-state index contributed by atoms with van der Waals surface area (Å²) in [5.41, 5.74) is 4.58. The smallest absolute Gasteiger partial charge is 0.245 e. The van der Waals surface area contributed by atoms with Crippen molar-refractivity contribution in [2.24, 2.45) is 0 Å². The molecule has 0 saturated heterocycles. The summed E-state index contributed by atoms with van der Waals surface area (Å²) in [5, 5.41) is 14.9. The van der Waals surface area contributed by atoms with Gasteiger partial charge in [-0.1, -0.05) is 30.3 Å². The molecule has 0 bridgehead atoms. The number of anilines is 4. The van der Waals surface area contributed by atoms with Crippen LogP contribution in [-0.4, -0.2) is 28.3 Å². The van der Waals surface area contributed by atoms with Crippen LogP contribution in [0, 0.1) is 6.92 Å². The maximum absolute atomic E-state index is 4.56. The Balaban J connectivity index is 1.72. The van der Waals surface area contributed by atoms with Gasteiger partial charge in [0.2, 0.25) is 5.95 Å². The number of nitrogens with one attached hydrogen (secondary N) is 2. The van der Waals surface area contributed by atoms with E-state index in [9.17, 15) is 0 Å². The molecular weight excluding hydrogens is 348 g/mol. The molecule has 2 aromatic carbocycles. The lowest BCUT2D eigenvalue weighted by Gasteiger charge is -2.22. The molecule has 0 fully saturated rings. The zero-order valence-electron chi connectivity index (χ0n) is 17.0. The van der Waals surface area contributed by atoms with Crippen LogP contribution >= 0.6 is 0 Å². The third-order valence-corrected chi connectivity index (χ3v) is 4.81. The van der Waals surface area contributed by atoms with Gasteiger partial charge in [-0.15, -0.1) is 5.10 Å². The van der Waals surface area contributed by atoms with Gasteiger partial charge in [0.15, 0.2) is 5.82 Å². The van der Waals surface area contributed by atoms with Crippen molar-refractivity contribution in [3.05, 3.63) is 65.9 Å². The molecular formula is C22H28N6. The minimum absolute atomic E-state index is 0.0911. The summed E-state index contributed by atoms with van der Waals surface area (Å²) in [4.78, 5) is 6.89. The topological polar surface area (TPSA) is 66.0 Å². The lowest BCUT2D eigenvalue weighted by atomic mass is 10.1. The number of aromatic nitrogens is 3. The van der Waals surface area contributed by atoms with Crippen LogP contribution in [-0.2, 0) is 0 Å². The van der Waals surface area contributed by atoms with E-state index in [-0.39, 0.29) is 6.04 Å². The zero-order valence-corrected chi connectivity index (χ0v) is 17.0. The van der Waals surface area contributed by atoms with Crippen LogP contribution in [0.1, 0.15) is 37.9 Å². The molecule has 0 amide bonds. The van der Waals surface area contributed by atoms with E-state index in [1.165, 1.54) is 11.3 Å². The van der Waals surface area contributed by atoms with E-state index in [1.54, 1.807) is 6.20 Å². The highest BCUT2D eigenvalue weighted by molar-refractivity contribution is 5.65. The minimum atomic E-state index is 0.0911. The fourth-order valence-corrected chi connectivity index (χ4v) is 3.16. The fourth-order valence-electron chi connectivity index (χ4n) is 3.16. The van der Waals surface area contributed by atoms with Crippen molar-refractivity contribution in [2.45, 2.75) is 33.7 Å². The van der Waals surface area contributed by atoms with E-state index in [0.717, 1.165) is 24.3 Å². The first-order chi connectivity index (χ1) is 13.6. The highest BCUT2D eigenvalue weighted by Crippen LogP contribution is 2.25. The van der Waals surface area contributed by atoms with E-state index in [1.807, 2.05) is 18.2 Å².